The van der Waals surface area contributed by atoms with Crippen LogP contribution >= 0.6 is 11.3 Å². The molecule has 0 radical (unpaired) electrons. The molecule has 0 amide bonds. The van der Waals surface area contributed by atoms with Gasteiger partial charge in [-0.1, -0.05) is 24.6 Å². The Hall–Kier alpha value is -1.19. The first-order valence-electron chi connectivity index (χ1n) is 6.88. The van der Waals surface area contributed by atoms with Crippen molar-refractivity contribution in [1.82, 2.24) is 10.3 Å². The van der Waals surface area contributed by atoms with Gasteiger partial charge in [0.05, 0.1) is 5.69 Å². The second-order valence-electron chi connectivity index (χ2n) is 5.07. The molecule has 2 aromatic rings. The van der Waals surface area contributed by atoms with Crippen LogP contribution in [0.4, 0.5) is 0 Å². The van der Waals surface area contributed by atoms with Crippen LogP contribution in [0, 0.1) is 13.8 Å². The zero-order valence-electron chi connectivity index (χ0n) is 12.2. The van der Waals surface area contributed by atoms with E-state index in [4.69, 9.17) is 4.98 Å². The first-order chi connectivity index (χ1) is 9.11. The molecule has 1 N–H and O–H groups in total. The van der Waals surface area contributed by atoms with Crippen LogP contribution < -0.4 is 5.32 Å². The summed E-state index contributed by atoms with van der Waals surface area (Å²) in [6.45, 7) is 9.68. The first kappa shape index (κ1) is 14.2. The maximum Gasteiger partial charge on any atom is 0.123 e. The van der Waals surface area contributed by atoms with Gasteiger partial charge < -0.3 is 5.32 Å². The Morgan fingerprint density at radius 2 is 2.11 bits per heavy atom. The van der Waals surface area contributed by atoms with Crippen LogP contribution in [0.25, 0.3) is 10.6 Å². The number of rotatable bonds is 5. The molecule has 0 aliphatic rings. The second-order valence-corrected chi connectivity index (χ2v) is 5.93. The van der Waals surface area contributed by atoms with Crippen LogP contribution in [-0.2, 0) is 0 Å². The first-order valence-corrected chi connectivity index (χ1v) is 7.76. The Labute approximate surface area is 119 Å². The summed E-state index contributed by atoms with van der Waals surface area (Å²) in [5.74, 6) is 0. The number of nitrogens with zero attached hydrogens (tertiary/aromatic N) is 1. The van der Waals surface area contributed by atoms with E-state index in [1.807, 2.05) is 0 Å². The van der Waals surface area contributed by atoms with Crippen LogP contribution in [0.15, 0.2) is 23.6 Å². The van der Waals surface area contributed by atoms with E-state index in [-0.39, 0.29) is 0 Å². The van der Waals surface area contributed by atoms with Crippen molar-refractivity contribution < 1.29 is 0 Å². The van der Waals surface area contributed by atoms with E-state index in [2.05, 4.69) is 56.6 Å². The fourth-order valence-corrected chi connectivity index (χ4v) is 3.03. The predicted molar refractivity (Wildman–Crippen MR) is 83.7 cm³/mol. The molecule has 2 rings (SSSR count). The average molecular weight is 274 g/mol. The molecule has 1 heterocycles. The van der Waals surface area contributed by atoms with Crippen molar-refractivity contribution in [3.8, 4) is 10.6 Å². The highest BCUT2D eigenvalue weighted by molar-refractivity contribution is 7.13. The second kappa shape index (κ2) is 6.31. The number of hydrogen-bond acceptors (Lipinski definition) is 3. The molecule has 0 aliphatic carbocycles. The molecule has 0 saturated carbocycles. The molecule has 3 heteroatoms. The molecule has 1 unspecified atom stereocenters. The Balaban J connectivity index is 2.23. The number of thiazole rings is 1. The maximum atomic E-state index is 4.79. The summed E-state index contributed by atoms with van der Waals surface area (Å²) < 4.78 is 0. The molecular formula is C16H22N2S. The molecule has 0 saturated heterocycles. The van der Waals surface area contributed by atoms with Crippen molar-refractivity contribution in [2.45, 2.75) is 40.2 Å². The standard InChI is InChI=1S/C16H22N2S/c1-5-8-17-13(4)15-10-19-16(18-15)14-9-11(2)6-7-12(14)3/h6-7,9-10,13,17H,5,8H2,1-4H3. The van der Waals surface area contributed by atoms with E-state index in [0.29, 0.717) is 6.04 Å². The van der Waals surface area contributed by atoms with Crippen molar-refractivity contribution >= 4 is 11.3 Å². The fourth-order valence-electron chi connectivity index (χ4n) is 2.04. The molecular weight excluding hydrogens is 252 g/mol. The number of aryl methyl sites for hydroxylation is 2. The van der Waals surface area contributed by atoms with Crippen molar-refractivity contribution in [3.63, 3.8) is 0 Å². The van der Waals surface area contributed by atoms with Crippen molar-refractivity contribution in [1.29, 1.82) is 0 Å². The minimum absolute atomic E-state index is 0.329. The van der Waals surface area contributed by atoms with E-state index in [9.17, 15) is 0 Å². The molecule has 2 nitrogen and oxygen atoms in total. The SMILES string of the molecule is CCCNC(C)c1csc(-c2cc(C)ccc2C)n1. The van der Waals surface area contributed by atoms with E-state index in [1.54, 1.807) is 11.3 Å². The van der Waals surface area contributed by atoms with Crippen LogP contribution in [0.1, 0.15) is 43.1 Å². The van der Waals surface area contributed by atoms with Crippen molar-refractivity contribution in [2.24, 2.45) is 0 Å². The summed E-state index contributed by atoms with van der Waals surface area (Å²) >= 11 is 1.74. The maximum absolute atomic E-state index is 4.79. The molecule has 1 aromatic heterocycles. The summed E-state index contributed by atoms with van der Waals surface area (Å²) in [6.07, 6.45) is 1.15. The van der Waals surface area contributed by atoms with E-state index >= 15 is 0 Å². The highest BCUT2D eigenvalue weighted by Crippen LogP contribution is 2.29. The molecule has 1 aromatic carbocycles. The van der Waals surface area contributed by atoms with Gasteiger partial charge in [-0.05, 0) is 45.4 Å². The molecule has 0 spiro atoms. The monoisotopic (exact) mass is 274 g/mol. The van der Waals surface area contributed by atoms with Gasteiger partial charge in [-0.25, -0.2) is 4.98 Å². The molecule has 0 fully saturated rings. The van der Waals surface area contributed by atoms with Gasteiger partial charge in [-0.2, -0.15) is 0 Å². The highest BCUT2D eigenvalue weighted by atomic mass is 32.1. The van der Waals surface area contributed by atoms with Gasteiger partial charge >= 0.3 is 0 Å². The van der Waals surface area contributed by atoms with Crippen LogP contribution in [0.2, 0.25) is 0 Å². The molecule has 102 valence electrons. The lowest BCUT2D eigenvalue weighted by molar-refractivity contribution is 0.561. The summed E-state index contributed by atoms with van der Waals surface area (Å²) in [6, 6.07) is 6.88. The van der Waals surface area contributed by atoms with E-state index < -0.39 is 0 Å². The number of aromatic nitrogens is 1. The van der Waals surface area contributed by atoms with Gasteiger partial charge in [0.1, 0.15) is 5.01 Å². The zero-order chi connectivity index (χ0) is 13.8. The summed E-state index contributed by atoms with van der Waals surface area (Å²) in [7, 11) is 0. The lowest BCUT2D eigenvalue weighted by Crippen LogP contribution is -2.19. The van der Waals surface area contributed by atoms with Gasteiger partial charge in [0.2, 0.25) is 0 Å². The zero-order valence-corrected chi connectivity index (χ0v) is 13.0. The van der Waals surface area contributed by atoms with Gasteiger partial charge in [0.15, 0.2) is 0 Å². The molecule has 1 atom stereocenters. The minimum Gasteiger partial charge on any atom is -0.309 e. The summed E-state index contributed by atoms with van der Waals surface area (Å²) in [4.78, 5) is 4.79. The number of nitrogens with one attached hydrogen (secondary N) is 1. The van der Waals surface area contributed by atoms with Gasteiger partial charge in [-0.15, -0.1) is 11.3 Å². The summed E-state index contributed by atoms with van der Waals surface area (Å²) in [5.41, 5.74) is 4.99. The molecule has 19 heavy (non-hydrogen) atoms. The Morgan fingerprint density at radius 3 is 2.84 bits per heavy atom. The fraction of sp³-hybridized carbons (Fsp3) is 0.438. The van der Waals surface area contributed by atoms with E-state index in [1.165, 1.54) is 16.7 Å². The van der Waals surface area contributed by atoms with E-state index in [0.717, 1.165) is 23.7 Å². The topological polar surface area (TPSA) is 24.9 Å². The van der Waals surface area contributed by atoms with Gasteiger partial charge in [0.25, 0.3) is 0 Å². The quantitative estimate of drug-likeness (QED) is 0.869. The normalized spacial score (nSPS) is 12.6. The Bertz CT molecular complexity index is 545. The van der Waals surface area contributed by atoms with Crippen LogP contribution in [0.3, 0.4) is 0 Å². The Kier molecular flexibility index (Phi) is 4.72. The Morgan fingerprint density at radius 1 is 1.32 bits per heavy atom. The lowest BCUT2D eigenvalue weighted by Gasteiger charge is -2.10. The predicted octanol–water partition coefficient (Wildman–Crippen LogP) is 4.49. The number of hydrogen-bond donors (Lipinski definition) is 1. The molecule has 0 aliphatic heterocycles. The lowest BCUT2D eigenvalue weighted by atomic mass is 10.1. The number of benzene rings is 1. The molecule has 0 bridgehead atoms. The minimum atomic E-state index is 0.329. The van der Waals surface area contributed by atoms with Gasteiger partial charge in [0, 0.05) is 17.0 Å². The smallest absolute Gasteiger partial charge is 0.123 e. The summed E-state index contributed by atoms with van der Waals surface area (Å²) in [5, 5.41) is 6.78. The third kappa shape index (κ3) is 3.43. The third-order valence-electron chi connectivity index (χ3n) is 3.29. The van der Waals surface area contributed by atoms with Crippen LogP contribution in [0.5, 0.6) is 0 Å². The average Bonchev–Trinajstić information content (AvgIpc) is 2.88. The largest absolute Gasteiger partial charge is 0.309 e. The van der Waals surface area contributed by atoms with Gasteiger partial charge in [-0.3, -0.25) is 0 Å². The van der Waals surface area contributed by atoms with Crippen molar-refractivity contribution in [2.75, 3.05) is 6.54 Å². The highest BCUT2D eigenvalue weighted by Gasteiger charge is 2.11. The van der Waals surface area contributed by atoms with Crippen LogP contribution in [-0.4, -0.2) is 11.5 Å². The van der Waals surface area contributed by atoms with Crippen molar-refractivity contribution in [3.05, 3.63) is 40.4 Å². The third-order valence-corrected chi connectivity index (χ3v) is 4.18.